The summed E-state index contributed by atoms with van der Waals surface area (Å²) in [5.74, 6) is -1.43. The Kier molecular flexibility index (Phi) is 1.99. The van der Waals surface area contributed by atoms with Crippen LogP contribution in [-0.4, -0.2) is 10.9 Å². The van der Waals surface area contributed by atoms with Gasteiger partial charge >= 0.3 is 0 Å². The molecule has 1 rings (SSSR count). The van der Waals surface area contributed by atoms with Gasteiger partial charge in [0.25, 0.3) is 0 Å². The smallest absolute Gasteiger partial charge is 0.162 e. The highest BCUT2D eigenvalue weighted by Crippen LogP contribution is 2.23. The molecule has 0 spiro atoms. The number of hydrogen-bond acceptors (Lipinski definition) is 3. The Morgan fingerprint density at radius 1 is 1.58 bits per heavy atom. The van der Waals surface area contributed by atoms with Gasteiger partial charge in [-0.3, -0.25) is 4.79 Å². The fourth-order valence-corrected chi connectivity index (χ4v) is 0.847. The molecule has 4 heteroatoms. The quantitative estimate of drug-likeness (QED) is 0.378. The molecule has 0 saturated carbocycles. The molecule has 12 heavy (non-hydrogen) atoms. The number of aromatic hydroxyl groups is 1. The maximum absolute atomic E-state index is 12.9. The SMILES string of the molecule is CC(=O)c1cc(O)c(N)cc1F. The maximum Gasteiger partial charge on any atom is 0.162 e. The molecule has 3 nitrogen and oxygen atoms in total. The summed E-state index contributed by atoms with van der Waals surface area (Å²) >= 11 is 0. The zero-order valence-electron chi connectivity index (χ0n) is 6.47. The Morgan fingerprint density at radius 2 is 2.17 bits per heavy atom. The first kappa shape index (κ1) is 8.52. The normalized spacial score (nSPS) is 9.83. The maximum atomic E-state index is 12.9. The summed E-state index contributed by atoms with van der Waals surface area (Å²) in [6.07, 6.45) is 0. The van der Waals surface area contributed by atoms with Crippen molar-refractivity contribution in [2.24, 2.45) is 0 Å². The van der Waals surface area contributed by atoms with E-state index in [1.165, 1.54) is 6.92 Å². The number of Topliss-reactive ketones (excluding diaryl/α,β-unsaturated/α-hetero) is 1. The molecule has 0 atom stereocenters. The Morgan fingerprint density at radius 3 is 2.67 bits per heavy atom. The van der Waals surface area contributed by atoms with E-state index in [1.807, 2.05) is 0 Å². The van der Waals surface area contributed by atoms with Crippen molar-refractivity contribution in [2.45, 2.75) is 6.92 Å². The van der Waals surface area contributed by atoms with Gasteiger partial charge in [-0.15, -0.1) is 0 Å². The van der Waals surface area contributed by atoms with E-state index in [0.29, 0.717) is 0 Å². The summed E-state index contributed by atoms with van der Waals surface area (Å²) in [6, 6.07) is 1.94. The molecule has 0 aliphatic rings. The summed E-state index contributed by atoms with van der Waals surface area (Å²) in [4.78, 5) is 10.7. The molecule has 3 N–H and O–H groups in total. The number of halogens is 1. The fraction of sp³-hybridized carbons (Fsp3) is 0.125. The third kappa shape index (κ3) is 1.37. The molecule has 0 aromatic heterocycles. The van der Waals surface area contributed by atoms with E-state index in [-0.39, 0.29) is 17.0 Å². The van der Waals surface area contributed by atoms with Crippen molar-refractivity contribution >= 4 is 11.5 Å². The van der Waals surface area contributed by atoms with E-state index >= 15 is 0 Å². The number of phenolic OH excluding ortho intramolecular Hbond substituents is 1. The van der Waals surface area contributed by atoms with Crippen molar-refractivity contribution < 1.29 is 14.3 Å². The summed E-state index contributed by atoms with van der Waals surface area (Å²) in [6.45, 7) is 1.22. The van der Waals surface area contributed by atoms with Crippen LogP contribution < -0.4 is 5.73 Å². The van der Waals surface area contributed by atoms with Gasteiger partial charge in [-0.1, -0.05) is 0 Å². The van der Waals surface area contributed by atoms with Crippen LogP contribution in [0.4, 0.5) is 10.1 Å². The fourth-order valence-electron chi connectivity index (χ4n) is 0.847. The number of nitrogen functional groups attached to an aromatic ring is 1. The number of ketones is 1. The number of phenols is 1. The second kappa shape index (κ2) is 2.81. The topological polar surface area (TPSA) is 63.3 Å². The van der Waals surface area contributed by atoms with Crippen LogP contribution in [0.15, 0.2) is 12.1 Å². The molecule has 0 bridgehead atoms. The Labute approximate surface area is 68.6 Å². The zero-order chi connectivity index (χ0) is 9.30. The minimum absolute atomic E-state index is 0.0718. The number of rotatable bonds is 1. The Bertz CT molecular complexity index is 336. The van der Waals surface area contributed by atoms with E-state index in [9.17, 15) is 9.18 Å². The van der Waals surface area contributed by atoms with Crippen molar-refractivity contribution in [1.29, 1.82) is 0 Å². The minimum Gasteiger partial charge on any atom is -0.506 e. The lowest BCUT2D eigenvalue weighted by molar-refractivity contribution is 0.101. The van der Waals surface area contributed by atoms with Crippen molar-refractivity contribution in [3.63, 3.8) is 0 Å². The lowest BCUT2D eigenvalue weighted by Gasteiger charge is -2.02. The van der Waals surface area contributed by atoms with Crippen molar-refractivity contribution in [1.82, 2.24) is 0 Å². The Hall–Kier alpha value is -1.58. The molecule has 64 valence electrons. The van der Waals surface area contributed by atoms with Gasteiger partial charge in [-0.05, 0) is 13.0 Å². The lowest BCUT2D eigenvalue weighted by atomic mass is 10.1. The van der Waals surface area contributed by atoms with Crippen LogP contribution in [0.3, 0.4) is 0 Å². The van der Waals surface area contributed by atoms with E-state index in [0.717, 1.165) is 12.1 Å². The molecule has 0 aliphatic heterocycles. The molecule has 1 aromatic carbocycles. The average Bonchev–Trinajstić information content (AvgIpc) is 1.96. The molecule has 0 heterocycles. The van der Waals surface area contributed by atoms with Gasteiger partial charge < -0.3 is 10.8 Å². The highest BCUT2D eigenvalue weighted by molar-refractivity contribution is 5.95. The van der Waals surface area contributed by atoms with Crippen LogP contribution in [0.5, 0.6) is 5.75 Å². The molecular weight excluding hydrogens is 161 g/mol. The van der Waals surface area contributed by atoms with Gasteiger partial charge in [0.15, 0.2) is 5.78 Å². The highest BCUT2D eigenvalue weighted by atomic mass is 19.1. The van der Waals surface area contributed by atoms with Crippen LogP contribution in [-0.2, 0) is 0 Å². The summed E-state index contributed by atoms with van der Waals surface area (Å²) in [5, 5.41) is 9.03. The number of anilines is 1. The number of nitrogens with two attached hydrogens (primary N) is 1. The highest BCUT2D eigenvalue weighted by Gasteiger charge is 2.10. The van der Waals surface area contributed by atoms with E-state index < -0.39 is 11.6 Å². The van der Waals surface area contributed by atoms with E-state index in [2.05, 4.69) is 0 Å². The van der Waals surface area contributed by atoms with Gasteiger partial charge in [-0.2, -0.15) is 0 Å². The second-order valence-electron chi connectivity index (χ2n) is 2.45. The largest absolute Gasteiger partial charge is 0.506 e. The second-order valence-corrected chi connectivity index (χ2v) is 2.45. The first-order valence-electron chi connectivity index (χ1n) is 3.31. The molecule has 0 unspecified atom stereocenters. The van der Waals surface area contributed by atoms with Crippen molar-refractivity contribution in [3.8, 4) is 5.75 Å². The first-order chi connectivity index (χ1) is 5.52. The third-order valence-corrected chi connectivity index (χ3v) is 1.50. The molecular formula is C8H8FNO2. The van der Waals surface area contributed by atoms with Crippen LogP contribution in [0.1, 0.15) is 17.3 Å². The predicted molar refractivity (Wildman–Crippen MR) is 42.5 cm³/mol. The van der Waals surface area contributed by atoms with Crippen LogP contribution in [0, 0.1) is 5.82 Å². The standard InChI is InChI=1S/C8H8FNO2/c1-4(11)5-2-8(12)7(10)3-6(5)9/h2-3,12H,10H2,1H3. The van der Waals surface area contributed by atoms with Gasteiger partial charge in [0.1, 0.15) is 11.6 Å². The van der Waals surface area contributed by atoms with Crippen LogP contribution >= 0.6 is 0 Å². The summed E-state index contributed by atoms with van der Waals surface area (Å²) < 4.78 is 12.9. The van der Waals surface area contributed by atoms with Gasteiger partial charge in [0.2, 0.25) is 0 Å². The molecule has 0 saturated heterocycles. The molecule has 0 aliphatic carbocycles. The summed E-state index contributed by atoms with van der Waals surface area (Å²) in [7, 11) is 0. The van der Waals surface area contributed by atoms with E-state index in [4.69, 9.17) is 10.8 Å². The molecule has 1 aromatic rings. The van der Waals surface area contributed by atoms with Gasteiger partial charge in [0, 0.05) is 6.07 Å². The third-order valence-electron chi connectivity index (χ3n) is 1.50. The Balaban J connectivity index is 3.33. The number of carbonyl (C=O) groups excluding carboxylic acids is 1. The van der Waals surface area contributed by atoms with Crippen LogP contribution in [0.2, 0.25) is 0 Å². The monoisotopic (exact) mass is 169 g/mol. The van der Waals surface area contributed by atoms with Crippen molar-refractivity contribution in [2.75, 3.05) is 5.73 Å². The average molecular weight is 169 g/mol. The van der Waals surface area contributed by atoms with Crippen LogP contribution in [0.25, 0.3) is 0 Å². The molecule has 0 fully saturated rings. The molecule has 0 amide bonds. The zero-order valence-corrected chi connectivity index (χ0v) is 6.47. The van der Waals surface area contributed by atoms with Crippen molar-refractivity contribution in [3.05, 3.63) is 23.5 Å². The minimum atomic E-state index is -0.710. The number of carbonyl (C=O) groups is 1. The first-order valence-corrected chi connectivity index (χ1v) is 3.31. The van der Waals surface area contributed by atoms with Gasteiger partial charge in [-0.25, -0.2) is 4.39 Å². The number of hydrogen-bond donors (Lipinski definition) is 2. The molecule has 0 radical (unpaired) electrons. The predicted octanol–water partition coefficient (Wildman–Crippen LogP) is 1.32. The summed E-state index contributed by atoms with van der Waals surface area (Å²) in [5.41, 5.74) is 4.97. The lowest BCUT2D eigenvalue weighted by Crippen LogP contribution is -1.98. The van der Waals surface area contributed by atoms with Gasteiger partial charge in [0.05, 0.1) is 11.3 Å². The number of benzene rings is 1. The van der Waals surface area contributed by atoms with E-state index in [1.54, 1.807) is 0 Å².